The summed E-state index contributed by atoms with van der Waals surface area (Å²) >= 11 is 0. The largest absolute Gasteiger partial charge is 0.369 e. The molecule has 0 saturated carbocycles. The first kappa shape index (κ1) is 16.2. The minimum absolute atomic E-state index is 0.292. The van der Waals surface area contributed by atoms with Crippen molar-refractivity contribution < 1.29 is 8.42 Å². The van der Waals surface area contributed by atoms with Crippen molar-refractivity contribution in [3.05, 3.63) is 18.3 Å². The minimum Gasteiger partial charge on any atom is -0.369 e. The molecule has 0 aliphatic carbocycles. The molecule has 1 aromatic heterocycles. The zero-order chi connectivity index (χ0) is 15.5. The molecule has 2 atom stereocenters. The van der Waals surface area contributed by atoms with Gasteiger partial charge in [-0.15, -0.1) is 0 Å². The van der Waals surface area contributed by atoms with Gasteiger partial charge in [-0.3, -0.25) is 0 Å². The molecule has 2 rings (SSSR count). The van der Waals surface area contributed by atoms with Crippen molar-refractivity contribution in [2.75, 3.05) is 25.0 Å². The van der Waals surface area contributed by atoms with E-state index in [2.05, 4.69) is 24.1 Å². The highest BCUT2D eigenvalue weighted by atomic mass is 32.2. The molecular weight excluding hydrogens is 286 g/mol. The molecule has 0 spiro atoms. The van der Waals surface area contributed by atoms with Crippen molar-refractivity contribution >= 4 is 15.8 Å². The van der Waals surface area contributed by atoms with Crippen LogP contribution in [0.15, 0.2) is 23.2 Å². The van der Waals surface area contributed by atoms with Crippen LogP contribution in [-0.4, -0.2) is 37.3 Å². The van der Waals surface area contributed by atoms with Gasteiger partial charge in [-0.2, -0.15) is 4.31 Å². The van der Waals surface area contributed by atoms with E-state index in [4.69, 9.17) is 0 Å². The van der Waals surface area contributed by atoms with Crippen LogP contribution in [-0.2, 0) is 10.0 Å². The van der Waals surface area contributed by atoms with Crippen LogP contribution in [0.3, 0.4) is 0 Å². The van der Waals surface area contributed by atoms with E-state index in [-0.39, 0.29) is 0 Å². The number of sulfonamides is 1. The monoisotopic (exact) mass is 311 g/mol. The van der Waals surface area contributed by atoms with Gasteiger partial charge in [-0.25, -0.2) is 13.4 Å². The van der Waals surface area contributed by atoms with Crippen molar-refractivity contribution in [2.45, 2.75) is 38.5 Å². The number of nitrogens with zero attached hydrogens (tertiary/aromatic N) is 2. The summed E-state index contributed by atoms with van der Waals surface area (Å²) in [6.45, 7) is 8.24. The Morgan fingerprint density at radius 2 is 2.14 bits per heavy atom. The highest BCUT2D eigenvalue weighted by Crippen LogP contribution is 2.29. The molecule has 118 valence electrons. The summed E-state index contributed by atoms with van der Waals surface area (Å²) in [6, 6.07) is 3.32. The van der Waals surface area contributed by atoms with Gasteiger partial charge in [-0.1, -0.05) is 20.8 Å². The number of rotatable bonds is 5. The molecule has 2 unspecified atom stereocenters. The number of hydrogen-bond donors (Lipinski definition) is 1. The maximum atomic E-state index is 12.9. The van der Waals surface area contributed by atoms with Gasteiger partial charge in [-0.05, 0) is 36.8 Å². The van der Waals surface area contributed by atoms with Crippen molar-refractivity contribution in [3.8, 4) is 0 Å². The van der Waals surface area contributed by atoms with Gasteiger partial charge < -0.3 is 5.32 Å². The average molecular weight is 311 g/mol. The van der Waals surface area contributed by atoms with Crippen LogP contribution in [0.2, 0.25) is 0 Å². The van der Waals surface area contributed by atoms with Crippen LogP contribution >= 0.6 is 0 Å². The fourth-order valence-electron chi connectivity index (χ4n) is 2.56. The number of piperidine rings is 1. The zero-order valence-electron chi connectivity index (χ0n) is 13.0. The number of aromatic nitrogens is 1. The summed E-state index contributed by atoms with van der Waals surface area (Å²) in [6.07, 6.45) is 3.46. The molecule has 0 aromatic carbocycles. The molecule has 0 amide bonds. The van der Waals surface area contributed by atoms with Crippen molar-refractivity contribution in [1.82, 2.24) is 9.29 Å². The third-order valence-electron chi connectivity index (χ3n) is 4.23. The second-order valence-corrected chi connectivity index (χ2v) is 7.79. The van der Waals surface area contributed by atoms with E-state index in [0.29, 0.717) is 42.2 Å². The smallest absolute Gasteiger partial charge is 0.246 e. The van der Waals surface area contributed by atoms with E-state index in [1.165, 1.54) is 0 Å². The SMILES string of the molecule is CCCNc1ncccc1S(=O)(=O)N1CCC(C)C(C)C1. The van der Waals surface area contributed by atoms with E-state index in [1.54, 1.807) is 22.6 Å². The Hall–Kier alpha value is -1.14. The maximum absolute atomic E-state index is 12.9. The molecule has 1 aliphatic rings. The lowest BCUT2D eigenvalue weighted by Gasteiger charge is -2.34. The number of anilines is 1. The molecule has 6 heteroatoms. The fourth-order valence-corrected chi connectivity index (χ4v) is 4.23. The predicted octanol–water partition coefficient (Wildman–Crippen LogP) is 2.57. The molecule has 0 radical (unpaired) electrons. The van der Waals surface area contributed by atoms with Gasteiger partial charge in [0.2, 0.25) is 10.0 Å². The van der Waals surface area contributed by atoms with Gasteiger partial charge in [0.05, 0.1) is 0 Å². The third kappa shape index (κ3) is 3.55. The number of pyridine rings is 1. The number of hydrogen-bond acceptors (Lipinski definition) is 4. The normalized spacial score (nSPS) is 24.0. The van der Waals surface area contributed by atoms with Crippen LogP contribution in [0.5, 0.6) is 0 Å². The van der Waals surface area contributed by atoms with Crippen LogP contribution in [0.4, 0.5) is 5.82 Å². The molecular formula is C15H25N3O2S. The molecule has 2 heterocycles. The second kappa shape index (κ2) is 6.75. The Labute approximate surface area is 127 Å². The van der Waals surface area contributed by atoms with Gasteiger partial charge in [0, 0.05) is 25.8 Å². The Bertz CT molecular complexity index is 574. The van der Waals surface area contributed by atoms with Crippen molar-refractivity contribution in [2.24, 2.45) is 11.8 Å². The van der Waals surface area contributed by atoms with Gasteiger partial charge >= 0.3 is 0 Å². The van der Waals surface area contributed by atoms with Crippen LogP contribution < -0.4 is 5.32 Å². The van der Waals surface area contributed by atoms with Crippen molar-refractivity contribution in [1.29, 1.82) is 0 Å². The summed E-state index contributed by atoms with van der Waals surface area (Å²) in [4.78, 5) is 4.49. The third-order valence-corrected chi connectivity index (χ3v) is 6.12. The summed E-state index contributed by atoms with van der Waals surface area (Å²) in [5, 5.41) is 3.11. The Kier molecular flexibility index (Phi) is 5.22. The Morgan fingerprint density at radius 1 is 1.38 bits per heavy atom. The Morgan fingerprint density at radius 3 is 2.81 bits per heavy atom. The summed E-state index contributed by atoms with van der Waals surface area (Å²) in [5.74, 6) is 1.42. The first-order valence-electron chi connectivity index (χ1n) is 7.65. The molecule has 1 N–H and O–H groups in total. The molecule has 21 heavy (non-hydrogen) atoms. The zero-order valence-corrected chi connectivity index (χ0v) is 13.9. The second-order valence-electron chi connectivity index (χ2n) is 5.88. The maximum Gasteiger partial charge on any atom is 0.246 e. The standard InChI is InChI=1S/C15H25N3O2S/c1-4-8-16-15-14(6-5-9-17-15)21(19,20)18-10-7-12(2)13(3)11-18/h5-6,9,12-13H,4,7-8,10-11H2,1-3H3,(H,16,17). The van der Waals surface area contributed by atoms with Crippen LogP contribution in [0.25, 0.3) is 0 Å². The highest BCUT2D eigenvalue weighted by molar-refractivity contribution is 7.89. The van der Waals surface area contributed by atoms with Crippen LogP contribution in [0, 0.1) is 11.8 Å². The van der Waals surface area contributed by atoms with Gasteiger partial charge in [0.15, 0.2) is 0 Å². The lowest BCUT2D eigenvalue weighted by atomic mass is 9.90. The minimum atomic E-state index is -3.47. The fraction of sp³-hybridized carbons (Fsp3) is 0.667. The first-order chi connectivity index (χ1) is 9.96. The van der Waals surface area contributed by atoms with E-state index in [9.17, 15) is 8.42 Å². The van der Waals surface area contributed by atoms with Crippen molar-refractivity contribution in [3.63, 3.8) is 0 Å². The molecule has 5 nitrogen and oxygen atoms in total. The van der Waals surface area contributed by atoms with E-state index >= 15 is 0 Å². The predicted molar refractivity (Wildman–Crippen MR) is 84.7 cm³/mol. The Balaban J connectivity index is 2.27. The quantitative estimate of drug-likeness (QED) is 0.908. The summed E-state index contributed by atoms with van der Waals surface area (Å²) in [5.41, 5.74) is 0. The highest BCUT2D eigenvalue weighted by Gasteiger charge is 2.33. The molecule has 1 fully saturated rings. The van der Waals surface area contributed by atoms with Gasteiger partial charge in [0.25, 0.3) is 0 Å². The lowest BCUT2D eigenvalue weighted by Crippen LogP contribution is -2.42. The van der Waals surface area contributed by atoms with E-state index in [0.717, 1.165) is 12.8 Å². The molecule has 1 aromatic rings. The summed E-state index contributed by atoms with van der Waals surface area (Å²) in [7, 11) is -3.47. The van der Waals surface area contributed by atoms with Gasteiger partial charge in [0.1, 0.15) is 10.7 Å². The average Bonchev–Trinajstić information content (AvgIpc) is 2.48. The van der Waals surface area contributed by atoms with E-state index in [1.807, 2.05) is 6.92 Å². The molecule has 1 aliphatic heterocycles. The van der Waals surface area contributed by atoms with Crippen LogP contribution in [0.1, 0.15) is 33.6 Å². The topological polar surface area (TPSA) is 62.3 Å². The summed E-state index contributed by atoms with van der Waals surface area (Å²) < 4.78 is 27.3. The van der Waals surface area contributed by atoms with E-state index < -0.39 is 10.0 Å². The molecule has 1 saturated heterocycles. The first-order valence-corrected chi connectivity index (χ1v) is 9.09. The number of nitrogens with one attached hydrogen (secondary N) is 1. The lowest BCUT2D eigenvalue weighted by molar-refractivity contribution is 0.212. The molecule has 0 bridgehead atoms.